The average molecular weight is 705 g/mol. The second kappa shape index (κ2) is 50.0. The summed E-state index contributed by atoms with van der Waals surface area (Å²) in [5, 5.41) is 12.0. The first-order valence-electron chi connectivity index (χ1n) is 22.6. The lowest BCUT2D eigenvalue weighted by molar-refractivity contribution is -0.137. The molecule has 0 radical (unpaired) electrons. The van der Waals surface area contributed by atoms with Crippen LogP contribution in [0, 0.1) is 0 Å². The van der Waals surface area contributed by atoms with Crippen LogP contribution >= 0.6 is 0 Å². The summed E-state index contributed by atoms with van der Waals surface area (Å²) in [6.45, 7) is 7.64. The van der Waals surface area contributed by atoms with Crippen LogP contribution in [0.5, 0.6) is 0 Å². The predicted octanol–water partition coefficient (Wildman–Crippen LogP) is 14.8. The highest BCUT2D eigenvalue weighted by molar-refractivity contribution is 5.66. The molecule has 298 valence electrons. The van der Waals surface area contributed by atoms with E-state index in [4.69, 9.17) is 10.8 Å². The van der Waals surface area contributed by atoms with Crippen molar-refractivity contribution in [3.8, 4) is 0 Å². The van der Waals surface area contributed by atoms with Crippen LogP contribution in [0.1, 0.15) is 245 Å². The van der Waals surface area contributed by atoms with E-state index >= 15 is 0 Å². The van der Waals surface area contributed by atoms with E-state index < -0.39 is 5.97 Å². The van der Waals surface area contributed by atoms with Gasteiger partial charge >= 0.3 is 5.97 Å². The van der Waals surface area contributed by atoms with Gasteiger partial charge in [0.05, 0.1) is 0 Å². The van der Waals surface area contributed by atoms with Gasteiger partial charge in [-0.25, -0.2) is 0 Å². The lowest BCUT2D eigenvalue weighted by Crippen LogP contribution is -2.13. The van der Waals surface area contributed by atoms with Crippen molar-refractivity contribution in [1.82, 2.24) is 5.32 Å². The van der Waals surface area contributed by atoms with Crippen molar-refractivity contribution < 1.29 is 9.90 Å². The van der Waals surface area contributed by atoms with E-state index in [9.17, 15) is 4.79 Å². The number of carboxylic acid groups (broad SMARTS) is 1. The van der Waals surface area contributed by atoms with E-state index in [0.29, 0.717) is 6.42 Å². The number of carboxylic acids is 1. The molecular formula is C46H92N2O2. The minimum atomic E-state index is -0.656. The minimum absolute atomic E-state index is 0.340. The van der Waals surface area contributed by atoms with Crippen LogP contribution in [0.25, 0.3) is 0 Å². The second-order valence-corrected chi connectivity index (χ2v) is 15.0. The van der Waals surface area contributed by atoms with Crippen molar-refractivity contribution in [1.29, 1.82) is 0 Å². The van der Waals surface area contributed by atoms with Crippen molar-refractivity contribution in [2.24, 2.45) is 5.73 Å². The maximum absolute atomic E-state index is 10.4. The van der Waals surface area contributed by atoms with E-state index in [2.05, 4.69) is 43.5 Å². The highest BCUT2D eigenvalue weighted by Crippen LogP contribution is 2.14. The minimum Gasteiger partial charge on any atom is -0.481 e. The average Bonchev–Trinajstić information content (AvgIpc) is 3.11. The fraction of sp³-hybridized carbons (Fsp3) is 0.891. The van der Waals surface area contributed by atoms with Crippen LogP contribution in [-0.4, -0.2) is 30.7 Å². The Morgan fingerprint density at radius 2 is 0.740 bits per heavy atom. The van der Waals surface area contributed by atoms with E-state index in [1.807, 2.05) is 0 Å². The molecule has 0 aliphatic rings. The normalized spacial score (nSPS) is 11.5. The molecule has 0 unspecified atom stereocenters. The summed E-state index contributed by atoms with van der Waals surface area (Å²) >= 11 is 0. The molecule has 0 atom stereocenters. The molecule has 0 aliphatic carbocycles. The number of carbonyl (C=O) groups is 1. The Balaban J connectivity index is 0. The van der Waals surface area contributed by atoms with Gasteiger partial charge in [-0.3, -0.25) is 4.79 Å². The first kappa shape index (κ1) is 51.0. The quantitative estimate of drug-likeness (QED) is 0.0437. The standard InChI is InChI=1S/C24H50N2.C22H42O2/c1-2-26-24-22-20-18-16-14-12-10-8-6-4-3-5-7-9-11-13-15-17-19-21-23-25;1-2-3-4-5-6-7-8-9-10-11-12-13-14-15-16-17-18-19-20-21-22(23)24/h5,7,26H,2-4,6,8-25H2,1H3;9-10H,2-8,11-21H2,1H3,(H,23,24)/b7-5-;10-9-. The number of hydrogen-bond acceptors (Lipinski definition) is 3. The van der Waals surface area contributed by atoms with Gasteiger partial charge in [-0.05, 0) is 90.3 Å². The molecule has 0 aromatic rings. The smallest absolute Gasteiger partial charge is 0.303 e. The lowest BCUT2D eigenvalue weighted by atomic mass is 10.1. The molecule has 0 bridgehead atoms. The van der Waals surface area contributed by atoms with Gasteiger partial charge < -0.3 is 16.2 Å². The maximum Gasteiger partial charge on any atom is 0.303 e. The highest BCUT2D eigenvalue weighted by atomic mass is 16.4. The molecule has 0 saturated heterocycles. The van der Waals surface area contributed by atoms with Gasteiger partial charge in [0.2, 0.25) is 0 Å². The summed E-state index contributed by atoms with van der Waals surface area (Å²) in [5.41, 5.74) is 5.51. The zero-order chi connectivity index (χ0) is 36.7. The van der Waals surface area contributed by atoms with Crippen molar-refractivity contribution in [3.63, 3.8) is 0 Å². The fourth-order valence-electron chi connectivity index (χ4n) is 6.51. The maximum atomic E-state index is 10.4. The van der Waals surface area contributed by atoms with Gasteiger partial charge in [-0.2, -0.15) is 0 Å². The Hall–Kier alpha value is -1.13. The number of unbranched alkanes of at least 4 members (excludes halogenated alkanes) is 31. The van der Waals surface area contributed by atoms with Crippen LogP contribution in [0.3, 0.4) is 0 Å². The number of aliphatic carboxylic acids is 1. The molecule has 0 fully saturated rings. The van der Waals surface area contributed by atoms with Gasteiger partial charge in [-0.15, -0.1) is 0 Å². The molecule has 0 saturated carbocycles. The topological polar surface area (TPSA) is 75.3 Å². The molecule has 4 N–H and O–H groups in total. The fourth-order valence-corrected chi connectivity index (χ4v) is 6.51. The molecule has 0 heterocycles. The second-order valence-electron chi connectivity index (χ2n) is 15.0. The number of hydrogen-bond donors (Lipinski definition) is 3. The number of allylic oxidation sites excluding steroid dienone is 4. The molecule has 0 spiro atoms. The molecule has 4 heteroatoms. The van der Waals surface area contributed by atoms with Gasteiger partial charge in [0.25, 0.3) is 0 Å². The molecule has 4 nitrogen and oxygen atoms in total. The van der Waals surface area contributed by atoms with Gasteiger partial charge in [-0.1, -0.05) is 192 Å². The van der Waals surface area contributed by atoms with Gasteiger partial charge in [0.1, 0.15) is 0 Å². The summed E-state index contributed by atoms with van der Waals surface area (Å²) in [6.07, 6.45) is 56.8. The molecule has 0 aromatic heterocycles. The number of rotatable bonds is 41. The van der Waals surface area contributed by atoms with Gasteiger partial charge in [0.15, 0.2) is 0 Å². The highest BCUT2D eigenvalue weighted by Gasteiger charge is 1.97. The Morgan fingerprint density at radius 3 is 1.06 bits per heavy atom. The molecule has 50 heavy (non-hydrogen) atoms. The third-order valence-corrected chi connectivity index (χ3v) is 9.87. The molecule has 0 aromatic carbocycles. The van der Waals surface area contributed by atoms with Crippen molar-refractivity contribution >= 4 is 5.97 Å². The monoisotopic (exact) mass is 705 g/mol. The first-order chi connectivity index (χ1) is 24.7. The Labute approximate surface area is 315 Å². The Morgan fingerprint density at radius 1 is 0.440 bits per heavy atom. The summed E-state index contributed by atoms with van der Waals surface area (Å²) < 4.78 is 0. The summed E-state index contributed by atoms with van der Waals surface area (Å²) in [7, 11) is 0. The zero-order valence-electron chi connectivity index (χ0n) is 34.3. The Bertz CT molecular complexity index is 663. The van der Waals surface area contributed by atoms with E-state index in [1.54, 1.807) is 0 Å². The van der Waals surface area contributed by atoms with E-state index in [-0.39, 0.29) is 0 Å². The summed E-state index contributed by atoms with van der Waals surface area (Å²) in [4.78, 5) is 10.4. The third kappa shape index (κ3) is 53.7. The molecule has 0 amide bonds. The van der Waals surface area contributed by atoms with Crippen LogP contribution < -0.4 is 11.1 Å². The lowest BCUT2D eigenvalue weighted by Gasteiger charge is -2.03. The number of nitrogens with two attached hydrogens (primary N) is 1. The first-order valence-corrected chi connectivity index (χ1v) is 22.6. The SMILES string of the molecule is CCCCCCCC/C=C\CCCCCCCCCCCC(=O)O.CCNCCCCCCCCCCCC/C=C\CCCCCCCCN. The van der Waals surface area contributed by atoms with Gasteiger partial charge in [0, 0.05) is 6.42 Å². The summed E-state index contributed by atoms with van der Waals surface area (Å²) in [6, 6.07) is 0. The molecular weight excluding hydrogens is 613 g/mol. The van der Waals surface area contributed by atoms with Crippen molar-refractivity contribution in [2.75, 3.05) is 19.6 Å². The van der Waals surface area contributed by atoms with Crippen LogP contribution in [0.15, 0.2) is 24.3 Å². The summed E-state index contributed by atoms with van der Waals surface area (Å²) in [5.74, 6) is -0.656. The van der Waals surface area contributed by atoms with Crippen LogP contribution in [0.4, 0.5) is 0 Å². The van der Waals surface area contributed by atoms with Crippen LogP contribution in [-0.2, 0) is 4.79 Å². The largest absolute Gasteiger partial charge is 0.481 e. The zero-order valence-corrected chi connectivity index (χ0v) is 34.3. The molecule has 0 aliphatic heterocycles. The van der Waals surface area contributed by atoms with E-state index in [1.165, 1.54) is 218 Å². The number of nitrogens with one attached hydrogen (secondary N) is 1. The van der Waals surface area contributed by atoms with Crippen molar-refractivity contribution in [3.05, 3.63) is 24.3 Å². The molecule has 0 rings (SSSR count). The predicted molar refractivity (Wildman–Crippen MR) is 225 cm³/mol. The van der Waals surface area contributed by atoms with Crippen LogP contribution in [0.2, 0.25) is 0 Å². The Kier molecular flexibility index (Phi) is 51.0. The van der Waals surface area contributed by atoms with Crippen molar-refractivity contribution in [2.45, 2.75) is 245 Å². The third-order valence-electron chi connectivity index (χ3n) is 9.87. The van der Waals surface area contributed by atoms with E-state index in [0.717, 1.165) is 25.9 Å².